The summed E-state index contributed by atoms with van der Waals surface area (Å²) >= 11 is 7.66. The minimum absolute atomic E-state index is 0. The van der Waals surface area contributed by atoms with E-state index in [9.17, 15) is 0 Å². The standard InChI is InChI=1S/C2H6S2.2H2S/c1-2(3)4;;/h2-4H,1H3;2*1H2. The van der Waals surface area contributed by atoms with Crippen molar-refractivity contribution in [3.05, 3.63) is 0 Å². The van der Waals surface area contributed by atoms with Crippen LogP contribution in [0.3, 0.4) is 0 Å². The summed E-state index contributed by atoms with van der Waals surface area (Å²) in [6.07, 6.45) is 0. The smallest absolute Gasteiger partial charge is 0.0414 e. The average molecular weight is 162 g/mol. The summed E-state index contributed by atoms with van der Waals surface area (Å²) < 4.78 is 0.222. The molecule has 0 saturated carbocycles. The number of hydrogen-bond donors (Lipinski definition) is 2. The monoisotopic (exact) mass is 162 g/mol. The van der Waals surface area contributed by atoms with Crippen LogP contribution in [0.4, 0.5) is 0 Å². The lowest BCUT2D eigenvalue weighted by Crippen LogP contribution is -1.64. The van der Waals surface area contributed by atoms with E-state index in [-0.39, 0.29) is 31.6 Å². The maximum absolute atomic E-state index is 3.83. The van der Waals surface area contributed by atoms with Crippen molar-refractivity contribution in [2.75, 3.05) is 0 Å². The molecule has 0 aromatic heterocycles. The Morgan fingerprint density at radius 2 is 1.17 bits per heavy atom. The molecule has 0 aromatic carbocycles. The Labute approximate surface area is 63.8 Å². The van der Waals surface area contributed by atoms with E-state index in [2.05, 4.69) is 25.3 Å². The van der Waals surface area contributed by atoms with E-state index in [0.717, 1.165) is 0 Å². The van der Waals surface area contributed by atoms with E-state index < -0.39 is 0 Å². The Kier molecular flexibility index (Phi) is 25.2. The molecule has 0 nitrogen and oxygen atoms in total. The maximum Gasteiger partial charge on any atom is 0.0414 e. The molecule has 0 heterocycles. The predicted molar refractivity (Wildman–Crippen MR) is 48.2 cm³/mol. The number of thiol groups is 2. The molecule has 0 spiro atoms. The average Bonchev–Trinajstić information content (AvgIpc) is 0.811. The van der Waals surface area contributed by atoms with Crippen LogP contribution in [0.5, 0.6) is 0 Å². The second kappa shape index (κ2) is 9.64. The largest absolute Gasteiger partial charge is 0.197 e. The summed E-state index contributed by atoms with van der Waals surface area (Å²) in [4.78, 5) is 0. The van der Waals surface area contributed by atoms with E-state index >= 15 is 0 Å². The van der Waals surface area contributed by atoms with Crippen LogP contribution in [0.1, 0.15) is 6.92 Å². The van der Waals surface area contributed by atoms with Crippen molar-refractivity contribution in [1.82, 2.24) is 0 Å². The van der Waals surface area contributed by atoms with Crippen LogP contribution in [-0.2, 0) is 0 Å². The van der Waals surface area contributed by atoms with Gasteiger partial charge in [0.2, 0.25) is 0 Å². The van der Waals surface area contributed by atoms with Gasteiger partial charge in [0.25, 0.3) is 0 Å². The fourth-order valence-corrected chi connectivity index (χ4v) is 0. The van der Waals surface area contributed by atoms with E-state index in [0.29, 0.717) is 0 Å². The molecule has 0 amide bonds. The van der Waals surface area contributed by atoms with Gasteiger partial charge in [0.15, 0.2) is 0 Å². The van der Waals surface area contributed by atoms with Gasteiger partial charge in [0.1, 0.15) is 0 Å². The van der Waals surface area contributed by atoms with Crippen molar-refractivity contribution < 1.29 is 0 Å². The second-order valence-electron chi connectivity index (χ2n) is 0.632. The highest BCUT2D eigenvalue weighted by molar-refractivity contribution is 7.99. The van der Waals surface area contributed by atoms with Gasteiger partial charge in [-0.25, -0.2) is 0 Å². The lowest BCUT2D eigenvalue weighted by molar-refractivity contribution is 1.45. The van der Waals surface area contributed by atoms with Gasteiger partial charge < -0.3 is 0 Å². The first-order valence-corrected chi connectivity index (χ1v) is 2.13. The highest BCUT2D eigenvalue weighted by atomic mass is 32.2. The molecule has 0 aliphatic heterocycles. The molecule has 0 aliphatic rings. The van der Waals surface area contributed by atoms with Gasteiger partial charge in [-0.2, -0.15) is 52.2 Å². The summed E-state index contributed by atoms with van der Waals surface area (Å²) in [7, 11) is 0. The van der Waals surface area contributed by atoms with Gasteiger partial charge in [-0.1, -0.05) is 0 Å². The molecule has 0 bridgehead atoms. The SMILES string of the molecule is CC(S)S.S.S. The molecule has 0 N–H and O–H groups in total. The van der Waals surface area contributed by atoms with Gasteiger partial charge in [-0.15, -0.1) is 0 Å². The highest BCUT2D eigenvalue weighted by Crippen LogP contribution is 1.93. The second-order valence-corrected chi connectivity index (χ2v) is 2.59. The fourth-order valence-electron chi connectivity index (χ4n) is 0. The molecule has 0 aliphatic carbocycles. The topological polar surface area (TPSA) is 0 Å². The van der Waals surface area contributed by atoms with Crippen LogP contribution in [0.2, 0.25) is 0 Å². The van der Waals surface area contributed by atoms with Gasteiger partial charge in [-0.3, -0.25) is 0 Å². The van der Waals surface area contributed by atoms with Crippen LogP contribution >= 0.6 is 52.2 Å². The van der Waals surface area contributed by atoms with Crippen LogP contribution in [0.25, 0.3) is 0 Å². The quantitative estimate of drug-likeness (QED) is 0.391. The molecular weight excluding hydrogens is 152 g/mol. The molecule has 0 aromatic rings. The Morgan fingerprint density at radius 1 is 1.17 bits per heavy atom. The Balaban J connectivity index is -0.0000000450. The molecule has 0 saturated heterocycles. The van der Waals surface area contributed by atoms with Gasteiger partial charge in [0.05, 0.1) is 0 Å². The van der Waals surface area contributed by atoms with Crippen molar-refractivity contribution in [2.24, 2.45) is 0 Å². The third-order valence-corrected chi connectivity index (χ3v) is 0. The van der Waals surface area contributed by atoms with E-state index in [1.54, 1.807) is 0 Å². The Hall–Kier alpha value is 1.40. The molecule has 0 rings (SSSR count). The molecule has 0 fully saturated rings. The van der Waals surface area contributed by atoms with Gasteiger partial charge in [0, 0.05) is 4.58 Å². The predicted octanol–water partition coefficient (Wildman–Crippen LogP) is 1.42. The molecule has 6 heavy (non-hydrogen) atoms. The van der Waals surface area contributed by atoms with Crippen molar-refractivity contribution >= 4 is 52.2 Å². The first-order valence-electron chi connectivity index (χ1n) is 1.09. The van der Waals surface area contributed by atoms with Crippen molar-refractivity contribution in [3.63, 3.8) is 0 Å². The Bertz CT molecular complexity index is 10.3. The molecule has 0 atom stereocenters. The highest BCUT2D eigenvalue weighted by Gasteiger charge is 1.69. The molecule has 0 radical (unpaired) electrons. The molecular formula is C2H10S4. The Morgan fingerprint density at radius 3 is 1.17 bits per heavy atom. The maximum atomic E-state index is 3.83. The van der Waals surface area contributed by atoms with Crippen molar-refractivity contribution in [1.29, 1.82) is 0 Å². The number of hydrogen-bond acceptors (Lipinski definition) is 2. The summed E-state index contributed by atoms with van der Waals surface area (Å²) in [6, 6.07) is 0. The van der Waals surface area contributed by atoms with Crippen LogP contribution in [0, 0.1) is 0 Å². The normalized spacial score (nSPS) is 6.00. The summed E-state index contributed by atoms with van der Waals surface area (Å²) in [5, 5.41) is 0. The third-order valence-electron chi connectivity index (χ3n) is 0. The lowest BCUT2D eigenvalue weighted by Gasteiger charge is -1.78. The fraction of sp³-hybridized carbons (Fsp3) is 1.00. The minimum atomic E-state index is 0. The lowest BCUT2D eigenvalue weighted by atomic mass is 11.0. The van der Waals surface area contributed by atoms with Crippen LogP contribution in [-0.4, -0.2) is 4.58 Å². The van der Waals surface area contributed by atoms with Crippen LogP contribution in [0.15, 0.2) is 0 Å². The van der Waals surface area contributed by atoms with Gasteiger partial charge in [-0.05, 0) is 6.92 Å². The van der Waals surface area contributed by atoms with Gasteiger partial charge >= 0.3 is 0 Å². The van der Waals surface area contributed by atoms with Crippen LogP contribution < -0.4 is 0 Å². The zero-order valence-electron chi connectivity index (χ0n) is 3.47. The minimum Gasteiger partial charge on any atom is -0.197 e. The summed E-state index contributed by atoms with van der Waals surface area (Å²) in [6.45, 7) is 1.90. The summed E-state index contributed by atoms with van der Waals surface area (Å²) in [5.41, 5.74) is 0. The number of rotatable bonds is 0. The van der Waals surface area contributed by atoms with Crippen molar-refractivity contribution in [2.45, 2.75) is 11.5 Å². The molecule has 42 valence electrons. The van der Waals surface area contributed by atoms with E-state index in [1.807, 2.05) is 6.92 Å². The first kappa shape index (κ1) is 15.7. The van der Waals surface area contributed by atoms with E-state index in [1.165, 1.54) is 0 Å². The third kappa shape index (κ3) is 53.3. The van der Waals surface area contributed by atoms with E-state index in [4.69, 9.17) is 0 Å². The van der Waals surface area contributed by atoms with Crippen molar-refractivity contribution in [3.8, 4) is 0 Å². The molecule has 0 unspecified atom stereocenters. The zero-order chi connectivity index (χ0) is 3.58. The zero-order valence-corrected chi connectivity index (χ0v) is 7.26. The molecule has 4 heteroatoms. The summed E-state index contributed by atoms with van der Waals surface area (Å²) in [5.74, 6) is 0. The first-order chi connectivity index (χ1) is 1.73.